The second-order valence-electron chi connectivity index (χ2n) is 8.16. The molecule has 2 N–H and O–H groups in total. The fourth-order valence-corrected chi connectivity index (χ4v) is 3.79. The number of rotatable bonds is 7. The normalized spacial score (nSPS) is 15.0. The van der Waals surface area contributed by atoms with Crippen molar-refractivity contribution >= 4 is 35.8 Å². The van der Waals surface area contributed by atoms with Gasteiger partial charge >= 0.3 is 0 Å². The van der Waals surface area contributed by atoms with Crippen molar-refractivity contribution in [1.82, 2.24) is 25.4 Å². The van der Waals surface area contributed by atoms with E-state index in [0.717, 1.165) is 68.2 Å². The summed E-state index contributed by atoms with van der Waals surface area (Å²) >= 11 is 0. The highest BCUT2D eigenvalue weighted by atomic mass is 127. The predicted molar refractivity (Wildman–Crippen MR) is 141 cm³/mol. The van der Waals surface area contributed by atoms with E-state index in [9.17, 15) is 4.79 Å². The zero-order chi connectivity index (χ0) is 22.1. The first-order chi connectivity index (χ1) is 15.0. The van der Waals surface area contributed by atoms with Crippen LogP contribution in [-0.4, -0.2) is 73.5 Å². The third kappa shape index (κ3) is 8.05. The van der Waals surface area contributed by atoms with Crippen molar-refractivity contribution in [2.45, 2.75) is 31.8 Å². The maximum atomic E-state index is 12.1. The van der Waals surface area contributed by atoms with Gasteiger partial charge in [0.05, 0.1) is 5.69 Å². The number of carbonyl (C=O) groups excluding carboxylic acids is 1. The van der Waals surface area contributed by atoms with Gasteiger partial charge in [0.2, 0.25) is 0 Å². The number of pyridine rings is 1. The lowest BCUT2D eigenvalue weighted by molar-refractivity contribution is 0.0827. The number of guanidine groups is 1. The highest BCUT2D eigenvalue weighted by molar-refractivity contribution is 14.0. The summed E-state index contributed by atoms with van der Waals surface area (Å²) in [4.78, 5) is 25.0. The van der Waals surface area contributed by atoms with Gasteiger partial charge in [-0.05, 0) is 49.1 Å². The number of aliphatic imine (C=N–C) groups is 1. The molecule has 32 heavy (non-hydrogen) atoms. The van der Waals surface area contributed by atoms with Gasteiger partial charge in [0.1, 0.15) is 0 Å². The number of piperidine rings is 1. The number of aromatic nitrogens is 1. The minimum Gasteiger partial charge on any atom is -0.356 e. The fourth-order valence-electron chi connectivity index (χ4n) is 3.79. The van der Waals surface area contributed by atoms with Crippen LogP contribution in [0.3, 0.4) is 0 Å². The lowest BCUT2D eigenvalue weighted by Gasteiger charge is -2.32. The van der Waals surface area contributed by atoms with Crippen LogP contribution in [0.25, 0.3) is 0 Å². The summed E-state index contributed by atoms with van der Waals surface area (Å²) < 4.78 is 0. The standard InChI is InChI=1S/C24H34N6O.HI/c1-25-24(27-14-10-19-7-6-8-20(17-19)23(31)29(2)3)28-21-11-15-30(16-12-21)18-22-9-4-5-13-26-22;/h4-9,13,17,21H,10-12,14-16,18H2,1-3H3,(H2,25,27,28);1H. The summed E-state index contributed by atoms with van der Waals surface area (Å²) in [6.07, 6.45) is 4.86. The van der Waals surface area contributed by atoms with Crippen LogP contribution in [0.1, 0.15) is 34.5 Å². The molecule has 1 aromatic heterocycles. The van der Waals surface area contributed by atoms with E-state index in [4.69, 9.17) is 0 Å². The molecule has 2 heterocycles. The molecule has 3 rings (SSSR count). The molecule has 0 atom stereocenters. The third-order valence-electron chi connectivity index (χ3n) is 5.55. The minimum absolute atomic E-state index is 0. The lowest BCUT2D eigenvalue weighted by atomic mass is 10.0. The van der Waals surface area contributed by atoms with Crippen LogP contribution >= 0.6 is 24.0 Å². The molecule has 0 bridgehead atoms. The molecule has 1 amide bonds. The van der Waals surface area contributed by atoms with Gasteiger partial charge in [-0.2, -0.15) is 0 Å². The maximum absolute atomic E-state index is 12.1. The van der Waals surface area contributed by atoms with Gasteiger partial charge in [-0.25, -0.2) is 0 Å². The van der Waals surface area contributed by atoms with Crippen LogP contribution in [0.15, 0.2) is 53.7 Å². The van der Waals surface area contributed by atoms with Crippen molar-refractivity contribution in [3.8, 4) is 0 Å². The van der Waals surface area contributed by atoms with Crippen LogP contribution in [0, 0.1) is 0 Å². The van der Waals surface area contributed by atoms with Crippen molar-refractivity contribution in [3.63, 3.8) is 0 Å². The molecule has 0 aliphatic carbocycles. The number of nitrogens with one attached hydrogen (secondary N) is 2. The van der Waals surface area contributed by atoms with Gasteiger partial charge in [0.25, 0.3) is 5.91 Å². The number of nitrogens with zero attached hydrogens (tertiary/aromatic N) is 4. The van der Waals surface area contributed by atoms with Crippen LogP contribution in [0.2, 0.25) is 0 Å². The van der Waals surface area contributed by atoms with Crippen molar-refractivity contribution in [3.05, 3.63) is 65.5 Å². The molecule has 2 aromatic rings. The predicted octanol–water partition coefficient (Wildman–Crippen LogP) is 2.77. The summed E-state index contributed by atoms with van der Waals surface area (Å²) in [7, 11) is 5.35. The van der Waals surface area contributed by atoms with E-state index in [-0.39, 0.29) is 29.9 Å². The molecule has 1 aromatic carbocycles. The molecule has 7 nitrogen and oxygen atoms in total. The van der Waals surface area contributed by atoms with Gasteiger partial charge in [0.15, 0.2) is 5.96 Å². The molecule has 1 fully saturated rings. The smallest absolute Gasteiger partial charge is 0.253 e. The molecule has 1 saturated heterocycles. The van der Waals surface area contributed by atoms with Crippen molar-refractivity contribution in [2.24, 2.45) is 4.99 Å². The number of halogens is 1. The summed E-state index contributed by atoms with van der Waals surface area (Å²) in [5.41, 5.74) is 2.99. The van der Waals surface area contributed by atoms with Crippen molar-refractivity contribution in [1.29, 1.82) is 0 Å². The van der Waals surface area contributed by atoms with Crippen molar-refractivity contribution < 1.29 is 4.79 Å². The first kappa shape index (κ1) is 26.1. The zero-order valence-electron chi connectivity index (χ0n) is 19.3. The minimum atomic E-state index is 0. The molecule has 1 aliphatic rings. The molecule has 0 spiro atoms. The first-order valence-electron chi connectivity index (χ1n) is 10.9. The molecule has 0 radical (unpaired) electrons. The largest absolute Gasteiger partial charge is 0.356 e. The summed E-state index contributed by atoms with van der Waals surface area (Å²) in [5.74, 6) is 0.866. The topological polar surface area (TPSA) is 72.9 Å². The molecule has 8 heteroatoms. The van der Waals surface area contributed by atoms with Gasteiger partial charge < -0.3 is 15.5 Å². The Hall–Kier alpha value is -2.20. The Morgan fingerprint density at radius 1 is 1.19 bits per heavy atom. The van der Waals surface area contributed by atoms with Crippen LogP contribution in [-0.2, 0) is 13.0 Å². The van der Waals surface area contributed by atoms with Crippen LogP contribution in [0.4, 0.5) is 0 Å². The van der Waals surface area contributed by atoms with Gasteiger partial charge in [-0.3, -0.25) is 19.7 Å². The third-order valence-corrected chi connectivity index (χ3v) is 5.55. The zero-order valence-corrected chi connectivity index (χ0v) is 21.6. The Morgan fingerprint density at radius 3 is 2.62 bits per heavy atom. The van der Waals surface area contributed by atoms with Gasteiger partial charge in [-0.1, -0.05) is 18.2 Å². The quantitative estimate of drug-likeness (QED) is 0.315. The average Bonchev–Trinajstić information content (AvgIpc) is 2.80. The molecular formula is C24H35IN6O. The number of amides is 1. The monoisotopic (exact) mass is 550 g/mol. The number of likely N-dealkylation sites (tertiary alicyclic amines) is 1. The Morgan fingerprint density at radius 2 is 1.97 bits per heavy atom. The van der Waals surface area contributed by atoms with E-state index >= 15 is 0 Å². The molecule has 1 aliphatic heterocycles. The van der Waals surface area contributed by atoms with Crippen molar-refractivity contribution in [2.75, 3.05) is 40.8 Å². The first-order valence-corrected chi connectivity index (χ1v) is 10.9. The highest BCUT2D eigenvalue weighted by Crippen LogP contribution is 2.13. The SMILES string of the molecule is CN=C(NCCc1cccc(C(=O)N(C)C)c1)NC1CCN(Cc2ccccn2)CC1.I. The summed E-state index contributed by atoms with van der Waals surface area (Å²) in [5, 5.41) is 6.96. The van der Waals surface area contributed by atoms with Crippen LogP contribution < -0.4 is 10.6 Å². The second kappa shape index (κ2) is 13.4. The van der Waals surface area contributed by atoms with E-state index in [2.05, 4.69) is 37.6 Å². The molecule has 0 unspecified atom stereocenters. The fraction of sp³-hybridized carbons (Fsp3) is 0.458. The second-order valence-corrected chi connectivity index (χ2v) is 8.16. The number of hydrogen-bond acceptors (Lipinski definition) is 4. The average molecular weight is 550 g/mol. The number of hydrogen-bond donors (Lipinski definition) is 2. The van der Waals surface area contributed by atoms with Crippen LogP contribution in [0.5, 0.6) is 0 Å². The number of benzene rings is 1. The maximum Gasteiger partial charge on any atom is 0.253 e. The Balaban J connectivity index is 0.00000363. The summed E-state index contributed by atoms with van der Waals surface area (Å²) in [6.45, 7) is 3.78. The summed E-state index contributed by atoms with van der Waals surface area (Å²) in [6, 6.07) is 14.3. The Kier molecular flexibility index (Phi) is 10.9. The Labute approximate surface area is 208 Å². The van der Waals surface area contributed by atoms with E-state index in [1.165, 1.54) is 0 Å². The van der Waals surface area contributed by atoms with E-state index in [1.807, 2.05) is 43.6 Å². The molecular weight excluding hydrogens is 515 g/mol. The van der Waals surface area contributed by atoms with Gasteiger partial charge in [-0.15, -0.1) is 24.0 Å². The van der Waals surface area contributed by atoms with E-state index in [0.29, 0.717) is 6.04 Å². The number of carbonyl (C=O) groups is 1. The van der Waals surface area contributed by atoms with Gasteiger partial charge in [0, 0.05) is 65.1 Å². The lowest BCUT2D eigenvalue weighted by Crippen LogP contribution is -2.48. The van der Waals surface area contributed by atoms with E-state index in [1.54, 1.807) is 19.0 Å². The molecule has 174 valence electrons. The molecule has 0 saturated carbocycles. The Bertz CT molecular complexity index is 866. The highest BCUT2D eigenvalue weighted by Gasteiger charge is 2.20. The van der Waals surface area contributed by atoms with E-state index < -0.39 is 0 Å².